The Labute approximate surface area is 168 Å². The molecule has 1 spiro atoms. The average Bonchev–Trinajstić information content (AvgIpc) is 2.95. The summed E-state index contributed by atoms with van der Waals surface area (Å²) in [5.74, 6) is 0.978. The molecular weight excluding hydrogens is 350 g/mol. The van der Waals surface area contributed by atoms with Gasteiger partial charge in [-0.3, -0.25) is 9.69 Å². The van der Waals surface area contributed by atoms with Crippen molar-refractivity contribution in [2.45, 2.75) is 63.8 Å². The van der Waals surface area contributed by atoms with Gasteiger partial charge in [0, 0.05) is 13.1 Å². The molecule has 0 unspecified atom stereocenters. The Balaban J connectivity index is 1.28. The van der Waals surface area contributed by atoms with Gasteiger partial charge in [-0.15, -0.1) is 0 Å². The monoisotopic (exact) mass is 383 g/mol. The third-order valence-corrected chi connectivity index (χ3v) is 7.23. The lowest BCUT2D eigenvalue weighted by Gasteiger charge is -2.37. The van der Waals surface area contributed by atoms with E-state index in [9.17, 15) is 9.59 Å². The number of piperidine rings is 1. The summed E-state index contributed by atoms with van der Waals surface area (Å²) in [6.45, 7) is 4.50. The van der Waals surface area contributed by atoms with E-state index in [0.717, 1.165) is 64.0 Å². The molecule has 2 atom stereocenters. The number of hydrogen-bond acceptors (Lipinski definition) is 3. The van der Waals surface area contributed by atoms with Crippen LogP contribution in [0.1, 0.15) is 57.4 Å². The van der Waals surface area contributed by atoms with Crippen LogP contribution < -0.4 is 5.32 Å². The summed E-state index contributed by atoms with van der Waals surface area (Å²) in [5, 5.41) is 3.07. The van der Waals surface area contributed by atoms with Crippen molar-refractivity contribution in [2.75, 3.05) is 19.8 Å². The Morgan fingerprint density at radius 3 is 2.54 bits per heavy atom. The van der Waals surface area contributed by atoms with Crippen molar-refractivity contribution in [3.8, 4) is 0 Å². The predicted molar refractivity (Wildman–Crippen MR) is 110 cm³/mol. The molecule has 3 amide bonds. The van der Waals surface area contributed by atoms with Crippen LogP contribution in [0.25, 0.3) is 0 Å². The molecule has 0 aromatic heterocycles. The molecule has 2 saturated heterocycles. The molecule has 5 nitrogen and oxygen atoms in total. The molecule has 152 valence electrons. The fraction of sp³-hybridized carbons (Fsp3) is 0.652. The van der Waals surface area contributed by atoms with E-state index in [2.05, 4.69) is 47.5 Å². The molecule has 1 aromatic carbocycles. The number of carbonyl (C=O) groups is 2. The van der Waals surface area contributed by atoms with E-state index in [0.29, 0.717) is 6.67 Å². The maximum Gasteiger partial charge on any atom is 0.326 e. The van der Waals surface area contributed by atoms with E-state index in [1.165, 1.54) is 16.9 Å². The summed E-state index contributed by atoms with van der Waals surface area (Å²) in [4.78, 5) is 29.4. The highest BCUT2D eigenvalue weighted by Crippen LogP contribution is 2.38. The van der Waals surface area contributed by atoms with Crippen molar-refractivity contribution in [1.82, 2.24) is 15.1 Å². The minimum Gasteiger partial charge on any atom is -0.323 e. The van der Waals surface area contributed by atoms with Gasteiger partial charge in [0.1, 0.15) is 5.54 Å². The van der Waals surface area contributed by atoms with Gasteiger partial charge in [0.05, 0.1) is 6.67 Å². The van der Waals surface area contributed by atoms with Gasteiger partial charge < -0.3 is 5.32 Å². The van der Waals surface area contributed by atoms with E-state index >= 15 is 0 Å². The lowest BCUT2D eigenvalue weighted by molar-refractivity contribution is -0.135. The zero-order valence-electron chi connectivity index (χ0n) is 17.0. The average molecular weight is 384 g/mol. The van der Waals surface area contributed by atoms with Gasteiger partial charge >= 0.3 is 6.03 Å². The Kier molecular flexibility index (Phi) is 5.72. The molecule has 4 rings (SSSR count). The summed E-state index contributed by atoms with van der Waals surface area (Å²) in [6, 6.07) is 10.5. The molecule has 1 saturated carbocycles. The number of likely N-dealkylation sites (tertiary alicyclic amines) is 1. The minimum atomic E-state index is -0.636. The molecule has 1 N–H and O–H groups in total. The van der Waals surface area contributed by atoms with E-state index in [1.54, 1.807) is 0 Å². The smallest absolute Gasteiger partial charge is 0.323 e. The zero-order valence-corrected chi connectivity index (χ0v) is 17.0. The number of urea groups is 1. The molecule has 28 heavy (non-hydrogen) atoms. The summed E-state index contributed by atoms with van der Waals surface area (Å²) >= 11 is 0. The first-order chi connectivity index (χ1) is 13.6. The third kappa shape index (κ3) is 3.82. The van der Waals surface area contributed by atoms with Crippen LogP contribution in [0.4, 0.5) is 4.79 Å². The van der Waals surface area contributed by atoms with Gasteiger partial charge in [0.25, 0.3) is 5.91 Å². The molecule has 2 heterocycles. The van der Waals surface area contributed by atoms with E-state index < -0.39 is 5.54 Å². The SMILES string of the molecule is C[C@@H]1CCCC[C@]12NC(=O)N(CN1CCC(CCc3ccccc3)CC1)C2=O. The molecule has 0 radical (unpaired) electrons. The van der Waals surface area contributed by atoms with Gasteiger partial charge in [0.2, 0.25) is 0 Å². The number of amides is 3. The number of hydrogen-bond donors (Lipinski definition) is 1. The van der Waals surface area contributed by atoms with Crippen molar-refractivity contribution in [1.29, 1.82) is 0 Å². The van der Waals surface area contributed by atoms with Gasteiger partial charge in [0.15, 0.2) is 0 Å². The van der Waals surface area contributed by atoms with Crippen LogP contribution in [-0.2, 0) is 11.2 Å². The summed E-state index contributed by atoms with van der Waals surface area (Å²) in [7, 11) is 0. The molecule has 0 bridgehead atoms. The Bertz CT molecular complexity index is 699. The number of nitrogens with one attached hydrogen (secondary N) is 1. The number of nitrogens with zero attached hydrogens (tertiary/aromatic N) is 2. The summed E-state index contributed by atoms with van der Waals surface area (Å²) < 4.78 is 0. The van der Waals surface area contributed by atoms with Crippen LogP contribution in [0.3, 0.4) is 0 Å². The number of carbonyl (C=O) groups excluding carboxylic acids is 2. The van der Waals surface area contributed by atoms with Crippen molar-refractivity contribution < 1.29 is 9.59 Å². The van der Waals surface area contributed by atoms with Crippen molar-refractivity contribution >= 4 is 11.9 Å². The highest BCUT2D eigenvalue weighted by molar-refractivity contribution is 6.07. The fourth-order valence-electron chi connectivity index (χ4n) is 5.26. The van der Waals surface area contributed by atoms with Crippen molar-refractivity contribution in [3.05, 3.63) is 35.9 Å². The molecule has 3 aliphatic rings. The first-order valence-electron chi connectivity index (χ1n) is 11.0. The van der Waals surface area contributed by atoms with E-state index in [-0.39, 0.29) is 17.9 Å². The molecule has 1 aromatic rings. The first-order valence-corrected chi connectivity index (χ1v) is 11.0. The fourth-order valence-corrected chi connectivity index (χ4v) is 5.26. The normalized spacial score (nSPS) is 29.5. The number of imide groups is 1. The Morgan fingerprint density at radius 2 is 1.82 bits per heavy atom. The van der Waals surface area contributed by atoms with Crippen LogP contribution in [0.2, 0.25) is 0 Å². The van der Waals surface area contributed by atoms with Crippen LogP contribution in [0, 0.1) is 11.8 Å². The Morgan fingerprint density at radius 1 is 1.07 bits per heavy atom. The number of benzene rings is 1. The first kappa shape index (κ1) is 19.4. The molecule has 5 heteroatoms. The highest BCUT2D eigenvalue weighted by atomic mass is 16.2. The standard InChI is InChI=1S/C23H33N3O2/c1-18-7-5-6-14-23(18)21(27)26(22(28)24-23)17-25-15-12-20(13-16-25)11-10-19-8-3-2-4-9-19/h2-4,8-9,18,20H,5-7,10-17H2,1H3,(H,24,28)/t18-,23+/m1/s1. The van der Waals surface area contributed by atoms with Crippen LogP contribution >= 0.6 is 0 Å². The molecule has 2 aliphatic heterocycles. The minimum absolute atomic E-state index is 0.0101. The van der Waals surface area contributed by atoms with Gasteiger partial charge in [-0.2, -0.15) is 0 Å². The van der Waals surface area contributed by atoms with E-state index in [1.807, 2.05) is 0 Å². The third-order valence-electron chi connectivity index (χ3n) is 7.23. The van der Waals surface area contributed by atoms with Crippen molar-refractivity contribution in [3.63, 3.8) is 0 Å². The quantitative estimate of drug-likeness (QED) is 0.787. The highest BCUT2D eigenvalue weighted by Gasteiger charge is 2.55. The zero-order chi connectivity index (χ0) is 19.6. The maximum atomic E-state index is 13.1. The predicted octanol–water partition coefficient (Wildman–Crippen LogP) is 3.79. The van der Waals surface area contributed by atoms with Gasteiger partial charge in [-0.1, -0.05) is 50.1 Å². The molecule has 3 fully saturated rings. The second-order valence-electron chi connectivity index (χ2n) is 9.01. The maximum absolute atomic E-state index is 13.1. The van der Waals surface area contributed by atoms with Crippen LogP contribution in [0.5, 0.6) is 0 Å². The second-order valence-corrected chi connectivity index (χ2v) is 9.01. The van der Waals surface area contributed by atoms with Gasteiger partial charge in [-0.05, 0) is 55.9 Å². The number of aryl methyl sites for hydroxylation is 1. The topological polar surface area (TPSA) is 52.7 Å². The lowest BCUT2D eigenvalue weighted by Crippen LogP contribution is -2.54. The van der Waals surface area contributed by atoms with Gasteiger partial charge in [-0.25, -0.2) is 9.69 Å². The molecule has 1 aliphatic carbocycles. The van der Waals surface area contributed by atoms with E-state index in [4.69, 9.17) is 0 Å². The summed E-state index contributed by atoms with van der Waals surface area (Å²) in [5.41, 5.74) is 0.778. The molecular formula is C23H33N3O2. The number of rotatable bonds is 5. The lowest BCUT2D eigenvalue weighted by atomic mass is 9.73. The van der Waals surface area contributed by atoms with Crippen molar-refractivity contribution in [2.24, 2.45) is 11.8 Å². The Hall–Kier alpha value is -1.88. The van der Waals surface area contributed by atoms with Crippen LogP contribution in [0.15, 0.2) is 30.3 Å². The largest absolute Gasteiger partial charge is 0.326 e. The van der Waals surface area contributed by atoms with Crippen LogP contribution in [-0.4, -0.2) is 47.0 Å². The second kappa shape index (κ2) is 8.24. The summed E-state index contributed by atoms with van der Waals surface area (Å²) in [6.07, 6.45) is 8.65.